The number of hydrogen-bond donors (Lipinski definition) is 0. The molecule has 126 valence electrons. The van der Waals surface area contributed by atoms with Crippen LogP contribution in [0.25, 0.3) is 0 Å². The van der Waals surface area contributed by atoms with Gasteiger partial charge in [-0.3, -0.25) is 9.69 Å². The quantitative estimate of drug-likeness (QED) is 0.649. The van der Waals surface area contributed by atoms with Crippen molar-refractivity contribution < 1.29 is 4.79 Å². The van der Waals surface area contributed by atoms with E-state index in [1.165, 1.54) is 11.8 Å². The maximum absolute atomic E-state index is 12.8. The van der Waals surface area contributed by atoms with E-state index in [9.17, 15) is 4.79 Å². The number of halogens is 1. The molecule has 0 atom stereocenters. The first-order valence-corrected chi connectivity index (χ1v) is 9.61. The van der Waals surface area contributed by atoms with Crippen LogP contribution in [0, 0.1) is 0 Å². The lowest BCUT2D eigenvalue weighted by atomic mass is 10.3. The Morgan fingerprint density at radius 1 is 1.00 bits per heavy atom. The number of benzene rings is 2. The van der Waals surface area contributed by atoms with Crippen molar-refractivity contribution in [2.24, 2.45) is 4.99 Å². The highest BCUT2D eigenvalue weighted by molar-refractivity contribution is 8.19. The summed E-state index contributed by atoms with van der Waals surface area (Å²) in [6, 6.07) is 15.4. The Balaban J connectivity index is 1.71. The largest absolute Gasteiger partial charge is 0.337 e. The van der Waals surface area contributed by atoms with E-state index in [4.69, 9.17) is 11.6 Å². The molecule has 2 aromatic rings. The van der Waals surface area contributed by atoms with Gasteiger partial charge in [0.25, 0.3) is 5.91 Å². The van der Waals surface area contributed by atoms with Crippen molar-refractivity contribution in [1.29, 1.82) is 0 Å². The third-order valence-electron chi connectivity index (χ3n) is 3.95. The van der Waals surface area contributed by atoms with E-state index in [2.05, 4.69) is 4.99 Å². The van der Waals surface area contributed by atoms with Crippen LogP contribution in [0.15, 0.2) is 68.4 Å². The van der Waals surface area contributed by atoms with Crippen LogP contribution in [-0.4, -0.2) is 30.1 Å². The molecule has 7 heteroatoms. The van der Waals surface area contributed by atoms with Gasteiger partial charge in [0.1, 0.15) is 4.91 Å². The number of anilines is 1. The zero-order valence-corrected chi connectivity index (χ0v) is 16.0. The zero-order chi connectivity index (χ0) is 17.6. The molecule has 1 amide bonds. The summed E-state index contributed by atoms with van der Waals surface area (Å²) in [5.41, 5.74) is 1.85. The Labute approximate surface area is 159 Å². The lowest BCUT2D eigenvalue weighted by Gasteiger charge is -2.14. The lowest BCUT2D eigenvalue weighted by Crippen LogP contribution is -2.24. The Morgan fingerprint density at radius 3 is 2.52 bits per heavy atom. The molecule has 0 unspecified atom stereocenters. The molecular weight excluding hydrogens is 374 g/mol. The SMILES string of the molecule is CN1C(=O)/C(=C2/Sc3ccc(Cl)cc3N2C)SC1=Nc1ccccc1. The number of para-hydroxylation sites is 1. The number of amides is 1. The summed E-state index contributed by atoms with van der Waals surface area (Å²) in [6.07, 6.45) is 0. The highest BCUT2D eigenvalue weighted by Crippen LogP contribution is 2.50. The van der Waals surface area contributed by atoms with Crippen molar-refractivity contribution in [1.82, 2.24) is 4.90 Å². The number of amidine groups is 1. The van der Waals surface area contributed by atoms with Crippen LogP contribution < -0.4 is 4.90 Å². The molecule has 0 N–H and O–H groups in total. The molecule has 2 heterocycles. The number of rotatable bonds is 1. The van der Waals surface area contributed by atoms with Crippen molar-refractivity contribution in [2.75, 3.05) is 19.0 Å². The second-order valence-corrected chi connectivity index (χ2v) is 8.05. The summed E-state index contributed by atoms with van der Waals surface area (Å²) in [6.45, 7) is 0. The minimum Gasteiger partial charge on any atom is -0.337 e. The van der Waals surface area contributed by atoms with Gasteiger partial charge in [0, 0.05) is 24.0 Å². The Hall–Kier alpha value is -1.89. The monoisotopic (exact) mass is 387 g/mol. The summed E-state index contributed by atoms with van der Waals surface area (Å²) in [5, 5.41) is 2.28. The van der Waals surface area contributed by atoms with Crippen molar-refractivity contribution >= 4 is 57.6 Å². The maximum atomic E-state index is 12.8. The number of nitrogens with zero attached hydrogens (tertiary/aromatic N) is 3. The molecule has 0 bridgehead atoms. The van der Waals surface area contributed by atoms with Gasteiger partial charge >= 0.3 is 0 Å². The molecule has 2 aliphatic rings. The van der Waals surface area contributed by atoms with Gasteiger partial charge in [-0.2, -0.15) is 0 Å². The second kappa shape index (κ2) is 6.44. The standard InChI is InChI=1S/C18H14ClN3OS2/c1-21-13-10-11(19)8-9-14(13)24-17(21)15-16(23)22(2)18(25-15)20-12-6-4-3-5-7-12/h3-10H,1-2H3/b17-15-,20-18?. The van der Waals surface area contributed by atoms with Crippen LogP contribution in [0.3, 0.4) is 0 Å². The molecule has 0 radical (unpaired) electrons. The van der Waals surface area contributed by atoms with Crippen molar-refractivity contribution in [3.05, 3.63) is 63.5 Å². The van der Waals surface area contributed by atoms with Crippen LogP contribution in [0.2, 0.25) is 5.02 Å². The molecule has 2 aromatic carbocycles. The van der Waals surface area contributed by atoms with Gasteiger partial charge in [-0.05, 0) is 42.1 Å². The third-order valence-corrected chi connectivity index (χ3v) is 6.67. The number of aliphatic imine (C=N–C) groups is 1. The van der Waals surface area contributed by atoms with Gasteiger partial charge in [0.15, 0.2) is 5.17 Å². The zero-order valence-electron chi connectivity index (χ0n) is 13.6. The van der Waals surface area contributed by atoms with E-state index in [0.717, 1.165) is 21.3 Å². The highest BCUT2D eigenvalue weighted by atomic mass is 35.5. The summed E-state index contributed by atoms with van der Waals surface area (Å²) < 4.78 is 0. The van der Waals surface area contributed by atoms with Gasteiger partial charge in [-0.25, -0.2) is 4.99 Å². The number of carbonyl (C=O) groups excluding carboxylic acids is 1. The molecule has 25 heavy (non-hydrogen) atoms. The Kier molecular flexibility index (Phi) is 4.27. The fourth-order valence-electron chi connectivity index (χ4n) is 2.61. The van der Waals surface area contributed by atoms with Gasteiger partial charge < -0.3 is 4.90 Å². The normalized spacial score (nSPS) is 21.4. The van der Waals surface area contributed by atoms with E-state index >= 15 is 0 Å². The molecule has 0 aromatic heterocycles. The van der Waals surface area contributed by atoms with Gasteiger partial charge in [0.2, 0.25) is 0 Å². The molecule has 4 rings (SSSR count). The minimum atomic E-state index is -0.0343. The molecule has 2 aliphatic heterocycles. The van der Waals surface area contributed by atoms with Crippen LogP contribution >= 0.6 is 35.1 Å². The molecule has 1 fully saturated rings. The number of likely N-dealkylation sites (N-methyl/N-ethyl adjacent to an activating group) is 1. The van der Waals surface area contributed by atoms with Crippen molar-refractivity contribution in [3.63, 3.8) is 0 Å². The van der Waals surface area contributed by atoms with Crippen molar-refractivity contribution in [2.45, 2.75) is 4.90 Å². The number of fused-ring (bicyclic) bond motifs is 1. The van der Waals surface area contributed by atoms with E-state index in [1.807, 2.05) is 60.5 Å². The number of hydrogen-bond acceptors (Lipinski definition) is 5. The summed E-state index contributed by atoms with van der Waals surface area (Å²) in [4.78, 5) is 22.8. The first-order chi connectivity index (χ1) is 12.0. The summed E-state index contributed by atoms with van der Waals surface area (Å²) in [7, 11) is 3.71. The van der Waals surface area contributed by atoms with Crippen LogP contribution in [0.4, 0.5) is 11.4 Å². The Bertz CT molecular complexity index is 927. The number of carbonyl (C=O) groups is 1. The van der Waals surface area contributed by atoms with Crippen LogP contribution in [0.5, 0.6) is 0 Å². The summed E-state index contributed by atoms with van der Waals surface area (Å²) in [5.74, 6) is -0.0343. The predicted molar refractivity (Wildman–Crippen MR) is 107 cm³/mol. The average Bonchev–Trinajstić information content (AvgIpc) is 3.08. The molecule has 4 nitrogen and oxygen atoms in total. The van der Waals surface area contributed by atoms with E-state index in [0.29, 0.717) is 15.1 Å². The maximum Gasteiger partial charge on any atom is 0.269 e. The summed E-state index contributed by atoms with van der Waals surface area (Å²) >= 11 is 9.11. The van der Waals surface area contributed by atoms with Gasteiger partial charge in [0.05, 0.1) is 16.4 Å². The number of thioether (sulfide) groups is 2. The minimum absolute atomic E-state index is 0.0343. The third kappa shape index (κ3) is 2.94. The van der Waals surface area contributed by atoms with Gasteiger partial charge in [-0.15, -0.1) is 0 Å². The smallest absolute Gasteiger partial charge is 0.269 e. The lowest BCUT2D eigenvalue weighted by molar-refractivity contribution is -0.121. The average molecular weight is 388 g/mol. The molecule has 0 saturated carbocycles. The Morgan fingerprint density at radius 2 is 1.76 bits per heavy atom. The fourth-order valence-corrected chi connectivity index (χ4v) is 5.09. The molecular formula is C18H14ClN3OS2. The van der Waals surface area contributed by atoms with Crippen molar-refractivity contribution in [3.8, 4) is 0 Å². The molecule has 1 saturated heterocycles. The van der Waals surface area contributed by atoms with E-state index in [-0.39, 0.29) is 5.91 Å². The first-order valence-electron chi connectivity index (χ1n) is 7.59. The van der Waals surface area contributed by atoms with E-state index < -0.39 is 0 Å². The molecule has 0 spiro atoms. The molecule has 0 aliphatic carbocycles. The second-order valence-electron chi connectivity index (χ2n) is 5.60. The topological polar surface area (TPSA) is 35.9 Å². The van der Waals surface area contributed by atoms with Crippen LogP contribution in [0.1, 0.15) is 0 Å². The first kappa shape index (κ1) is 16.6. The highest BCUT2D eigenvalue weighted by Gasteiger charge is 2.37. The predicted octanol–water partition coefficient (Wildman–Crippen LogP) is 4.94. The van der Waals surface area contributed by atoms with Gasteiger partial charge in [-0.1, -0.05) is 41.6 Å². The van der Waals surface area contributed by atoms with E-state index in [1.54, 1.807) is 23.7 Å². The van der Waals surface area contributed by atoms with Crippen LogP contribution in [-0.2, 0) is 4.79 Å². The fraction of sp³-hybridized carbons (Fsp3) is 0.111.